The number of fused-ring (bicyclic) bond motifs is 1. The SMILES string of the molecule is Cc1cc2c(Nc3ccc(Cl)c(C(F)(F)F)c3)ncnc2s1. The lowest BCUT2D eigenvalue weighted by Gasteiger charge is -2.12. The molecule has 2 heterocycles. The molecule has 8 heteroatoms. The van der Waals surface area contributed by atoms with Crippen molar-refractivity contribution in [2.45, 2.75) is 13.1 Å². The van der Waals surface area contributed by atoms with E-state index in [0.29, 0.717) is 5.82 Å². The highest BCUT2D eigenvalue weighted by Gasteiger charge is 2.33. The van der Waals surface area contributed by atoms with E-state index in [1.807, 2.05) is 13.0 Å². The molecule has 0 atom stereocenters. The second kappa shape index (κ2) is 5.40. The van der Waals surface area contributed by atoms with Crippen LogP contribution in [0.25, 0.3) is 10.2 Å². The molecule has 22 heavy (non-hydrogen) atoms. The number of aryl methyl sites for hydroxylation is 1. The van der Waals surface area contributed by atoms with Crippen molar-refractivity contribution >= 4 is 44.7 Å². The summed E-state index contributed by atoms with van der Waals surface area (Å²) in [6.45, 7) is 1.93. The predicted molar refractivity (Wildman–Crippen MR) is 81.9 cm³/mol. The molecule has 0 unspecified atom stereocenters. The number of rotatable bonds is 2. The van der Waals surface area contributed by atoms with Gasteiger partial charge in [-0.3, -0.25) is 0 Å². The van der Waals surface area contributed by atoms with Crippen LogP contribution < -0.4 is 5.32 Å². The molecular weight excluding hydrogens is 335 g/mol. The number of nitrogens with one attached hydrogen (secondary N) is 1. The molecular formula is C14H9ClF3N3S. The van der Waals surface area contributed by atoms with Crippen LogP contribution in [0.1, 0.15) is 10.4 Å². The van der Waals surface area contributed by atoms with Crippen molar-refractivity contribution in [3.8, 4) is 0 Å². The largest absolute Gasteiger partial charge is 0.417 e. The standard InChI is InChI=1S/C14H9ClF3N3S/c1-7-4-9-12(19-6-20-13(9)22-7)21-8-2-3-11(15)10(5-8)14(16,17)18/h2-6H,1H3,(H,19,20,21). The fourth-order valence-electron chi connectivity index (χ4n) is 2.03. The smallest absolute Gasteiger partial charge is 0.340 e. The molecule has 0 amide bonds. The van der Waals surface area contributed by atoms with Gasteiger partial charge in [-0.25, -0.2) is 9.97 Å². The number of benzene rings is 1. The van der Waals surface area contributed by atoms with E-state index in [1.54, 1.807) is 0 Å². The Balaban J connectivity index is 2.02. The molecule has 0 aliphatic rings. The lowest BCUT2D eigenvalue weighted by Crippen LogP contribution is -2.06. The summed E-state index contributed by atoms with van der Waals surface area (Å²) in [6, 6.07) is 5.55. The molecule has 0 saturated heterocycles. The monoisotopic (exact) mass is 343 g/mol. The Morgan fingerprint density at radius 2 is 1.95 bits per heavy atom. The van der Waals surface area contributed by atoms with E-state index < -0.39 is 11.7 Å². The molecule has 114 valence electrons. The van der Waals surface area contributed by atoms with Gasteiger partial charge in [0.05, 0.1) is 16.0 Å². The fourth-order valence-corrected chi connectivity index (χ4v) is 3.10. The Kier molecular flexibility index (Phi) is 3.70. The molecule has 0 aliphatic carbocycles. The molecule has 1 aromatic carbocycles. The van der Waals surface area contributed by atoms with Crippen LogP contribution in [-0.2, 0) is 6.18 Å². The third-order valence-electron chi connectivity index (χ3n) is 2.99. The number of halogens is 4. The van der Waals surface area contributed by atoms with Crippen LogP contribution in [-0.4, -0.2) is 9.97 Å². The van der Waals surface area contributed by atoms with Gasteiger partial charge in [0.25, 0.3) is 0 Å². The second-order valence-electron chi connectivity index (χ2n) is 4.62. The van der Waals surface area contributed by atoms with Crippen LogP contribution in [0.5, 0.6) is 0 Å². The van der Waals surface area contributed by atoms with Crippen LogP contribution in [0.15, 0.2) is 30.6 Å². The Morgan fingerprint density at radius 3 is 2.68 bits per heavy atom. The molecule has 3 rings (SSSR count). The molecule has 0 radical (unpaired) electrons. The highest BCUT2D eigenvalue weighted by molar-refractivity contribution is 7.18. The van der Waals surface area contributed by atoms with E-state index in [1.165, 1.54) is 29.8 Å². The van der Waals surface area contributed by atoms with Crippen LogP contribution in [0.2, 0.25) is 5.02 Å². The third-order valence-corrected chi connectivity index (χ3v) is 4.28. The van der Waals surface area contributed by atoms with Crippen molar-refractivity contribution in [1.82, 2.24) is 9.97 Å². The maximum absolute atomic E-state index is 12.9. The first-order valence-corrected chi connectivity index (χ1v) is 7.39. The molecule has 0 bridgehead atoms. The van der Waals surface area contributed by atoms with Crippen molar-refractivity contribution in [1.29, 1.82) is 0 Å². The van der Waals surface area contributed by atoms with Crippen molar-refractivity contribution in [2.24, 2.45) is 0 Å². The van der Waals surface area contributed by atoms with E-state index in [0.717, 1.165) is 21.2 Å². The highest BCUT2D eigenvalue weighted by Crippen LogP contribution is 2.37. The number of hydrogen-bond acceptors (Lipinski definition) is 4. The Labute approximate surface area is 132 Å². The van der Waals surface area contributed by atoms with Gasteiger partial charge < -0.3 is 5.32 Å². The first-order chi connectivity index (χ1) is 10.3. The zero-order valence-corrected chi connectivity index (χ0v) is 12.8. The first kappa shape index (κ1) is 15.1. The van der Waals surface area contributed by atoms with Gasteiger partial charge in [0.1, 0.15) is 17.0 Å². The molecule has 1 N–H and O–H groups in total. The summed E-state index contributed by atoms with van der Waals surface area (Å²) in [6.07, 6.45) is -3.13. The zero-order chi connectivity index (χ0) is 15.9. The maximum atomic E-state index is 12.9. The molecule has 0 fully saturated rings. The van der Waals surface area contributed by atoms with Gasteiger partial charge in [-0.2, -0.15) is 13.2 Å². The predicted octanol–water partition coefficient (Wildman–Crippen LogP) is 5.42. The second-order valence-corrected chi connectivity index (χ2v) is 6.26. The number of alkyl halides is 3. The quantitative estimate of drug-likeness (QED) is 0.675. The van der Waals surface area contributed by atoms with Crippen LogP contribution in [0.4, 0.5) is 24.7 Å². The average molecular weight is 344 g/mol. The summed E-state index contributed by atoms with van der Waals surface area (Å²) in [5.41, 5.74) is -0.619. The minimum Gasteiger partial charge on any atom is -0.340 e. The number of hydrogen-bond donors (Lipinski definition) is 1. The highest BCUT2D eigenvalue weighted by atomic mass is 35.5. The zero-order valence-electron chi connectivity index (χ0n) is 11.2. The maximum Gasteiger partial charge on any atom is 0.417 e. The topological polar surface area (TPSA) is 37.8 Å². The Hall–Kier alpha value is -1.86. The molecule has 0 saturated carbocycles. The van der Waals surface area contributed by atoms with Crippen molar-refractivity contribution in [2.75, 3.05) is 5.32 Å². The van der Waals surface area contributed by atoms with Crippen molar-refractivity contribution < 1.29 is 13.2 Å². The van der Waals surface area contributed by atoms with Gasteiger partial charge in [0.2, 0.25) is 0 Å². The van der Waals surface area contributed by atoms with Gasteiger partial charge in [0, 0.05) is 10.6 Å². The van der Waals surface area contributed by atoms with E-state index in [2.05, 4.69) is 15.3 Å². The van der Waals surface area contributed by atoms with Gasteiger partial charge in [-0.1, -0.05) is 11.6 Å². The summed E-state index contributed by atoms with van der Waals surface area (Å²) in [7, 11) is 0. The van der Waals surface area contributed by atoms with Gasteiger partial charge in [-0.05, 0) is 31.2 Å². The van der Waals surface area contributed by atoms with Crippen LogP contribution in [0.3, 0.4) is 0 Å². The lowest BCUT2D eigenvalue weighted by atomic mass is 10.2. The molecule has 3 aromatic rings. The van der Waals surface area contributed by atoms with E-state index in [9.17, 15) is 13.2 Å². The van der Waals surface area contributed by atoms with Gasteiger partial charge in [-0.15, -0.1) is 11.3 Å². The summed E-state index contributed by atoms with van der Waals surface area (Å²) < 4.78 is 38.7. The fraction of sp³-hybridized carbons (Fsp3) is 0.143. The Bertz CT molecular complexity index is 845. The van der Waals surface area contributed by atoms with Crippen LogP contribution >= 0.6 is 22.9 Å². The third kappa shape index (κ3) is 2.86. The van der Waals surface area contributed by atoms with E-state index in [4.69, 9.17) is 11.6 Å². The van der Waals surface area contributed by atoms with Gasteiger partial charge in [0.15, 0.2) is 0 Å². The number of anilines is 2. The van der Waals surface area contributed by atoms with Crippen LogP contribution in [0, 0.1) is 6.92 Å². The first-order valence-electron chi connectivity index (χ1n) is 6.19. The number of aromatic nitrogens is 2. The minimum absolute atomic E-state index is 0.264. The summed E-state index contributed by atoms with van der Waals surface area (Å²) >= 11 is 7.10. The lowest BCUT2D eigenvalue weighted by molar-refractivity contribution is -0.137. The number of thiophene rings is 1. The molecule has 0 spiro atoms. The molecule has 3 nitrogen and oxygen atoms in total. The van der Waals surface area contributed by atoms with Crippen molar-refractivity contribution in [3.05, 3.63) is 46.1 Å². The molecule has 2 aromatic heterocycles. The minimum atomic E-state index is -4.51. The summed E-state index contributed by atoms with van der Waals surface area (Å²) in [4.78, 5) is 10.1. The van der Waals surface area contributed by atoms with E-state index in [-0.39, 0.29) is 10.7 Å². The Morgan fingerprint density at radius 1 is 1.18 bits per heavy atom. The summed E-state index contributed by atoms with van der Waals surface area (Å²) in [5, 5.41) is 3.33. The van der Waals surface area contributed by atoms with Crippen molar-refractivity contribution in [3.63, 3.8) is 0 Å². The summed E-state index contributed by atoms with van der Waals surface area (Å²) in [5.74, 6) is 0.463. The van der Waals surface area contributed by atoms with Gasteiger partial charge >= 0.3 is 6.18 Å². The normalized spacial score (nSPS) is 11.9. The van der Waals surface area contributed by atoms with E-state index >= 15 is 0 Å². The molecule has 0 aliphatic heterocycles. The number of nitrogens with zero attached hydrogens (tertiary/aromatic N) is 2. The average Bonchev–Trinajstić information content (AvgIpc) is 2.81.